The van der Waals surface area contributed by atoms with Crippen molar-refractivity contribution < 1.29 is 27.9 Å². The van der Waals surface area contributed by atoms with E-state index in [4.69, 9.17) is 0 Å². The van der Waals surface area contributed by atoms with Crippen LogP contribution in [0.3, 0.4) is 0 Å². The lowest BCUT2D eigenvalue weighted by Gasteiger charge is -2.31. The molecule has 0 unspecified atom stereocenters. The first-order chi connectivity index (χ1) is 13.3. The van der Waals surface area contributed by atoms with Crippen molar-refractivity contribution >= 4 is 17.5 Å². The number of phenolic OH excluding ortho intramolecular Hbond substituents is 1. The van der Waals surface area contributed by atoms with E-state index >= 15 is 0 Å². The molecule has 0 spiro atoms. The molecule has 0 bridgehead atoms. The van der Waals surface area contributed by atoms with Gasteiger partial charge in [-0.15, -0.1) is 0 Å². The molecule has 0 saturated carbocycles. The zero-order valence-electron chi connectivity index (χ0n) is 14.9. The van der Waals surface area contributed by atoms with E-state index in [0.29, 0.717) is 31.6 Å². The number of nitrogens with zero attached hydrogens (tertiary/aromatic N) is 1. The van der Waals surface area contributed by atoms with Gasteiger partial charge in [-0.1, -0.05) is 12.1 Å². The van der Waals surface area contributed by atoms with Gasteiger partial charge < -0.3 is 15.3 Å². The lowest BCUT2D eigenvalue weighted by atomic mass is 9.95. The molecule has 1 heterocycles. The molecule has 8 heteroatoms. The second-order valence-electron chi connectivity index (χ2n) is 6.65. The molecule has 2 aromatic carbocycles. The molecule has 148 valence electrons. The maximum Gasteiger partial charge on any atom is 0.416 e. The Morgan fingerprint density at radius 1 is 1.00 bits per heavy atom. The Kier molecular flexibility index (Phi) is 5.58. The van der Waals surface area contributed by atoms with Crippen LogP contribution in [0.5, 0.6) is 5.75 Å². The number of nitrogens with one attached hydrogen (secondary N) is 1. The number of carbonyl (C=O) groups excluding carboxylic acids is 2. The van der Waals surface area contributed by atoms with Crippen molar-refractivity contribution in [1.82, 2.24) is 4.90 Å². The van der Waals surface area contributed by atoms with Gasteiger partial charge in [0.15, 0.2) is 0 Å². The summed E-state index contributed by atoms with van der Waals surface area (Å²) in [5.41, 5.74) is -0.288. The van der Waals surface area contributed by atoms with Gasteiger partial charge in [-0.05, 0) is 49.2 Å². The van der Waals surface area contributed by atoms with E-state index < -0.39 is 11.7 Å². The van der Waals surface area contributed by atoms with Crippen LogP contribution in [0.25, 0.3) is 0 Å². The fourth-order valence-corrected chi connectivity index (χ4v) is 3.14. The number of hydrogen-bond donors (Lipinski definition) is 2. The summed E-state index contributed by atoms with van der Waals surface area (Å²) < 4.78 is 37.9. The number of alkyl halides is 3. The number of benzene rings is 2. The first-order valence-electron chi connectivity index (χ1n) is 8.81. The molecule has 0 atom stereocenters. The molecule has 1 fully saturated rings. The number of hydrogen-bond acceptors (Lipinski definition) is 3. The molecule has 0 aromatic heterocycles. The third-order valence-corrected chi connectivity index (χ3v) is 4.77. The summed E-state index contributed by atoms with van der Waals surface area (Å²) in [5, 5.41) is 12.4. The molecule has 5 nitrogen and oxygen atoms in total. The molecule has 3 rings (SSSR count). The maximum absolute atomic E-state index is 12.6. The van der Waals surface area contributed by atoms with Crippen LogP contribution in [0, 0.1) is 5.92 Å². The van der Waals surface area contributed by atoms with Crippen molar-refractivity contribution in [2.24, 2.45) is 5.92 Å². The van der Waals surface area contributed by atoms with Gasteiger partial charge in [-0.2, -0.15) is 13.2 Å². The van der Waals surface area contributed by atoms with Crippen molar-refractivity contribution in [3.63, 3.8) is 0 Å². The van der Waals surface area contributed by atoms with Crippen LogP contribution < -0.4 is 5.32 Å². The Morgan fingerprint density at radius 3 is 2.18 bits per heavy atom. The predicted molar refractivity (Wildman–Crippen MR) is 96.8 cm³/mol. The minimum absolute atomic E-state index is 0.0224. The molecule has 1 aliphatic rings. The van der Waals surface area contributed by atoms with Gasteiger partial charge >= 0.3 is 6.18 Å². The number of para-hydroxylation sites is 2. The molecular formula is C20H19F3N2O3. The molecule has 28 heavy (non-hydrogen) atoms. The van der Waals surface area contributed by atoms with Crippen molar-refractivity contribution in [1.29, 1.82) is 0 Å². The largest absolute Gasteiger partial charge is 0.506 e. The summed E-state index contributed by atoms with van der Waals surface area (Å²) in [7, 11) is 0. The average Bonchev–Trinajstić information content (AvgIpc) is 2.69. The third-order valence-electron chi connectivity index (χ3n) is 4.77. The fourth-order valence-electron chi connectivity index (χ4n) is 3.14. The quantitative estimate of drug-likeness (QED) is 0.779. The third kappa shape index (κ3) is 4.44. The zero-order chi connectivity index (χ0) is 20.3. The summed E-state index contributed by atoms with van der Waals surface area (Å²) in [5.74, 6) is -0.918. The number of carbonyl (C=O) groups is 2. The highest BCUT2D eigenvalue weighted by Crippen LogP contribution is 2.30. The van der Waals surface area contributed by atoms with Crippen LogP contribution >= 0.6 is 0 Å². The zero-order valence-corrected chi connectivity index (χ0v) is 14.9. The second-order valence-corrected chi connectivity index (χ2v) is 6.65. The molecule has 2 aromatic rings. The van der Waals surface area contributed by atoms with Crippen molar-refractivity contribution in [2.45, 2.75) is 19.0 Å². The van der Waals surface area contributed by atoms with Gasteiger partial charge in [0.2, 0.25) is 5.91 Å². The number of rotatable bonds is 3. The van der Waals surface area contributed by atoms with Crippen molar-refractivity contribution in [2.75, 3.05) is 18.4 Å². The van der Waals surface area contributed by atoms with Crippen molar-refractivity contribution in [3.8, 4) is 5.75 Å². The van der Waals surface area contributed by atoms with Crippen LogP contribution in [-0.4, -0.2) is 34.9 Å². The van der Waals surface area contributed by atoms with Gasteiger partial charge in [0.1, 0.15) is 5.75 Å². The van der Waals surface area contributed by atoms with Gasteiger partial charge in [-0.3, -0.25) is 9.59 Å². The number of halogens is 3. The summed E-state index contributed by atoms with van der Waals surface area (Å²) >= 11 is 0. The standard InChI is InChI=1S/C20H19F3N2O3/c21-20(22,23)15-7-5-14(6-8-15)19(28)25-11-9-13(10-12-25)18(27)24-16-3-1-2-4-17(16)26/h1-8,13,26H,9-12H2,(H,24,27). The van der Waals surface area contributed by atoms with Crippen LogP contribution in [-0.2, 0) is 11.0 Å². The van der Waals surface area contributed by atoms with Crippen LogP contribution in [0.2, 0.25) is 0 Å². The predicted octanol–water partition coefficient (Wildman–Crippen LogP) is 3.90. The Hall–Kier alpha value is -3.03. The fraction of sp³-hybridized carbons (Fsp3) is 0.300. The number of aromatic hydroxyl groups is 1. The Morgan fingerprint density at radius 2 is 1.61 bits per heavy atom. The summed E-state index contributed by atoms with van der Waals surface area (Å²) in [6.45, 7) is 0.664. The van der Waals surface area contributed by atoms with Crippen LogP contribution in [0.1, 0.15) is 28.8 Å². The molecule has 1 aliphatic heterocycles. The minimum atomic E-state index is -4.44. The number of amides is 2. The number of likely N-dealkylation sites (tertiary alicyclic amines) is 1. The van der Waals surface area contributed by atoms with E-state index in [-0.39, 0.29) is 29.0 Å². The van der Waals surface area contributed by atoms with E-state index in [9.17, 15) is 27.9 Å². The molecule has 2 N–H and O–H groups in total. The second kappa shape index (κ2) is 7.92. The SMILES string of the molecule is O=C(Nc1ccccc1O)C1CCN(C(=O)c2ccc(C(F)(F)F)cc2)CC1. The monoisotopic (exact) mass is 392 g/mol. The summed E-state index contributed by atoms with van der Waals surface area (Å²) in [6, 6.07) is 10.5. The minimum Gasteiger partial charge on any atom is -0.506 e. The van der Waals surface area contributed by atoms with E-state index in [2.05, 4.69) is 5.32 Å². The number of piperidine rings is 1. The molecule has 1 saturated heterocycles. The molecule has 2 amide bonds. The normalized spacial score (nSPS) is 15.3. The first-order valence-corrected chi connectivity index (χ1v) is 8.81. The Labute approximate surface area is 159 Å². The van der Waals surface area contributed by atoms with E-state index in [1.54, 1.807) is 18.2 Å². The lowest BCUT2D eigenvalue weighted by Crippen LogP contribution is -2.41. The average molecular weight is 392 g/mol. The van der Waals surface area contributed by atoms with Gasteiger partial charge in [0, 0.05) is 24.6 Å². The van der Waals surface area contributed by atoms with E-state index in [0.717, 1.165) is 12.1 Å². The smallest absolute Gasteiger partial charge is 0.416 e. The van der Waals surface area contributed by atoms with E-state index in [1.165, 1.54) is 23.1 Å². The summed E-state index contributed by atoms with van der Waals surface area (Å²) in [4.78, 5) is 26.4. The first kappa shape index (κ1) is 19.7. The van der Waals surface area contributed by atoms with Crippen LogP contribution in [0.4, 0.5) is 18.9 Å². The molecular weight excluding hydrogens is 373 g/mol. The number of phenols is 1. The summed E-state index contributed by atoms with van der Waals surface area (Å²) in [6.07, 6.45) is -3.57. The van der Waals surface area contributed by atoms with Gasteiger partial charge in [-0.25, -0.2) is 0 Å². The highest BCUT2D eigenvalue weighted by Gasteiger charge is 2.31. The van der Waals surface area contributed by atoms with Crippen LogP contribution in [0.15, 0.2) is 48.5 Å². The molecule has 0 radical (unpaired) electrons. The Bertz CT molecular complexity index is 858. The van der Waals surface area contributed by atoms with Gasteiger partial charge in [0.05, 0.1) is 11.3 Å². The number of anilines is 1. The molecule has 0 aliphatic carbocycles. The maximum atomic E-state index is 12.6. The highest BCUT2D eigenvalue weighted by atomic mass is 19.4. The van der Waals surface area contributed by atoms with E-state index in [1.807, 2.05) is 0 Å². The topological polar surface area (TPSA) is 69.6 Å². The van der Waals surface area contributed by atoms with Crippen molar-refractivity contribution in [3.05, 3.63) is 59.7 Å². The lowest BCUT2D eigenvalue weighted by molar-refractivity contribution is -0.137. The Balaban J connectivity index is 1.56. The highest BCUT2D eigenvalue weighted by molar-refractivity contribution is 5.96. The van der Waals surface area contributed by atoms with Gasteiger partial charge in [0.25, 0.3) is 5.91 Å².